The zero-order chi connectivity index (χ0) is 20.4. The van der Waals surface area contributed by atoms with Crippen LogP contribution in [0.3, 0.4) is 0 Å². The van der Waals surface area contributed by atoms with E-state index in [1.54, 1.807) is 12.1 Å². The van der Waals surface area contributed by atoms with E-state index < -0.39 is 10.0 Å². The molecule has 0 radical (unpaired) electrons. The van der Waals surface area contributed by atoms with Crippen molar-refractivity contribution in [3.05, 3.63) is 18.2 Å². The van der Waals surface area contributed by atoms with Gasteiger partial charge in [-0.05, 0) is 32.0 Å². The van der Waals surface area contributed by atoms with Gasteiger partial charge in [-0.3, -0.25) is 9.69 Å². The number of amides is 1. The van der Waals surface area contributed by atoms with Crippen molar-refractivity contribution in [3.8, 4) is 0 Å². The number of hydrogen-bond donors (Lipinski definition) is 1. The second-order valence-corrected chi connectivity index (χ2v) is 9.51. The van der Waals surface area contributed by atoms with E-state index in [9.17, 15) is 13.2 Å². The van der Waals surface area contributed by atoms with Gasteiger partial charge in [-0.2, -0.15) is 0 Å². The first kappa shape index (κ1) is 21.6. The molecule has 1 aliphatic rings. The van der Waals surface area contributed by atoms with Gasteiger partial charge in [0.25, 0.3) is 0 Å². The minimum atomic E-state index is -3.58. The SMILES string of the molecule is C[C@H]1CN(CC(=O)Nc2cc(S(=O)(=O)N(C)C)ccc2N(C)C)C[C@H](C)O1. The Labute approximate surface area is 162 Å². The van der Waals surface area contributed by atoms with Gasteiger partial charge in [-0.25, -0.2) is 12.7 Å². The van der Waals surface area contributed by atoms with Crippen molar-refractivity contribution < 1.29 is 17.9 Å². The van der Waals surface area contributed by atoms with E-state index in [-0.39, 0.29) is 29.6 Å². The van der Waals surface area contributed by atoms with E-state index in [1.807, 2.05) is 37.7 Å². The number of ether oxygens (including phenoxy) is 1. The van der Waals surface area contributed by atoms with Crippen LogP contribution in [0.2, 0.25) is 0 Å². The minimum absolute atomic E-state index is 0.0763. The number of carbonyl (C=O) groups is 1. The van der Waals surface area contributed by atoms with Gasteiger partial charge in [0.05, 0.1) is 35.0 Å². The van der Waals surface area contributed by atoms with Gasteiger partial charge in [0.15, 0.2) is 0 Å². The fraction of sp³-hybridized carbons (Fsp3) is 0.611. The Hall–Kier alpha value is -1.68. The van der Waals surface area contributed by atoms with E-state index >= 15 is 0 Å². The molecule has 1 aliphatic heterocycles. The molecule has 1 aromatic carbocycles. The monoisotopic (exact) mass is 398 g/mol. The third-order valence-electron chi connectivity index (χ3n) is 4.36. The Morgan fingerprint density at radius 1 is 1.19 bits per heavy atom. The van der Waals surface area contributed by atoms with E-state index in [0.29, 0.717) is 18.8 Å². The highest BCUT2D eigenvalue weighted by Crippen LogP contribution is 2.28. The Balaban J connectivity index is 2.21. The summed E-state index contributed by atoms with van der Waals surface area (Å²) in [5, 5.41) is 2.87. The lowest BCUT2D eigenvalue weighted by Crippen LogP contribution is -2.48. The number of carbonyl (C=O) groups excluding carboxylic acids is 1. The summed E-state index contributed by atoms with van der Waals surface area (Å²) in [5.74, 6) is -0.182. The number of benzene rings is 1. The zero-order valence-electron chi connectivity index (χ0n) is 16.9. The summed E-state index contributed by atoms with van der Waals surface area (Å²) in [7, 11) is 3.07. The van der Waals surface area contributed by atoms with Crippen molar-refractivity contribution in [1.82, 2.24) is 9.21 Å². The van der Waals surface area contributed by atoms with Gasteiger partial charge < -0.3 is 15.0 Å². The molecular weight excluding hydrogens is 368 g/mol. The Morgan fingerprint density at radius 3 is 2.30 bits per heavy atom. The summed E-state index contributed by atoms with van der Waals surface area (Å²) >= 11 is 0. The van der Waals surface area contributed by atoms with Crippen LogP contribution in [0.4, 0.5) is 11.4 Å². The summed E-state index contributed by atoms with van der Waals surface area (Å²) < 4.78 is 31.7. The Kier molecular flexibility index (Phi) is 6.85. The van der Waals surface area contributed by atoms with E-state index in [0.717, 1.165) is 9.99 Å². The molecule has 0 aromatic heterocycles. The van der Waals surface area contributed by atoms with Gasteiger partial charge in [0.2, 0.25) is 15.9 Å². The number of rotatable bonds is 6. The van der Waals surface area contributed by atoms with Crippen LogP contribution in [-0.4, -0.2) is 83.6 Å². The number of morpholine rings is 1. The van der Waals surface area contributed by atoms with Crippen molar-refractivity contribution in [2.75, 3.05) is 58.0 Å². The lowest BCUT2D eigenvalue weighted by Gasteiger charge is -2.34. The number of anilines is 2. The summed E-state index contributed by atoms with van der Waals surface area (Å²) in [5.41, 5.74) is 1.21. The highest BCUT2D eigenvalue weighted by atomic mass is 32.2. The lowest BCUT2D eigenvalue weighted by molar-refractivity contribution is -0.121. The Morgan fingerprint density at radius 2 is 1.78 bits per heavy atom. The van der Waals surface area contributed by atoms with E-state index in [4.69, 9.17) is 4.74 Å². The number of nitrogens with one attached hydrogen (secondary N) is 1. The first-order valence-electron chi connectivity index (χ1n) is 8.92. The minimum Gasteiger partial charge on any atom is -0.376 e. The molecule has 1 heterocycles. The van der Waals surface area contributed by atoms with Crippen molar-refractivity contribution in [2.45, 2.75) is 31.0 Å². The third-order valence-corrected chi connectivity index (χ3v) is 6.18. The maximum atomic E-state index is 12.6. The van der Waals surface area contributed by atoms with Crippen LogP contribution in [0.5, 0.6) is 0 Å². The highest BCUT2D eigenvalue weighted by molar-refractivity contribution is 7.89. The maximum absolute atomic E-state index is 12.6. The first-order valence-corrected chi connectivity index (χ1v) is 10.4. The molecule has 2 atom stereocenters. The summed E-state index contributed by atoms with van der Waals surface area (Å²) in [4.78, 5) is 16.6. The molecule has 1 amide bonds. The van der Waals surface area contributed by atoms with E-state index in [1.165, 1.54) is 20.2 Å². The zero-order valence-corrected chi connectivity index (χ0v) is 17.7. The summed E-state index contributed by atoms with van der Waals surface area (Å²) in [6, 6.07) is 4.75. The maximum Gasteiger partial charge on any atom is 0.242 e. The van der Waals surface area contributed by atoms with Gasteiger partial charge >= 0.3 is 0 Å². The second kappa shape index (κ2) is 8.55. The molecule has 1 fully saturated rings. The average molecular weight is 399 g/mol. The predicted molar refractivity (Wildman–Crippen MR) is 107 cm³/mol. The van der Waals surface area contributed by atoms with Crippen LogP contribution < -0.4 is 10.2 Å². The first-order chi connectivity index (χ1) is 12.5. The molecule has 0 aliphatic carbocycles. The topological polar surface area (TPSA) is 82.2 Å². The molecule has 0 bridgehead atoms. The van der Waals surface area contributed by atoms with Gasteiger partial charge in [0, 0.05) is 41.3 Å². The largest absolute Gasteiger partial charge is 0.376 e. The fourth-order valence-corrected chi connectivity index (χ4v) is 4.11. The fourth-order valence-electron chi connectivity index (χ4n) is 3.18. The molecule has 27 heavy (non-hydrogen) atoms. The molecule has 0 unspecified atom stereocenters. The molecule has 0 saturated carbocycles. The number of nitrogens with zero attached hydrogens (tertiary/aromatic N) is 3. The number of hydrogen-bond acceptors (Lipinski definition) is 6. The molecule has 1 aromatic rings. The van der Waals surface area contributed by atoms with Crippen LogP contribution in [0.25, 0.3) is 0 Å². The van der Waals surface area contributed by atoms with Crippen LogP contribution in [-0.2, 0) is 19.6 Å². The molecule has 8 nitrogen and oxygen atoms in total. The van der Waals surface area contributed by atoms with E-state index in [2.05, 4.69) is 5.32 Å². The summed E-state index contributed by atoms with van der Waals surface area (Å²) in [6.07, 6.45) is 0.153. The van der Waals surface area contributed by atoms with Gasteiger partial charge in [0.1, 0.15) is 0 Å². The van der Waals surface area contributed by atoms with Crippen molar-refractivity contribution >= 4 is 27.3 Å². The highest BCUT2D eigenvalue weighted by Gasteiger charge is 2.25. The van der Waals surface area contributed by atoms with Crippen LogP contribution >= 0.6 is 0 Å². The molecule has 2 rings (SSSR count). The van der Waals surface area contributed by atoms with Crippen molar-refractivity contribution in [1.29, 1.82) is 0 Å². The lowest BCUT2D eigenvalue weighted by atomic mass is 10.2. The van der Waals surface area contributed by atoms with Crippen LogP contribution in [0.15, 0.2) is 23.1 Å². The molecular formula is C18H30N4O4S. The smallest absolute Gasteiger partial charge is 0.242 e. The number of sulfonamides is 1. The quantitative estimate of drug-likeness (QED) is 0.771. The predicted octanol–water partition coefficient (Wildman–Crippen LogP) is 1.05. The second-order valence-electron chi connectivity index (χ2n) is 7.36. The molecule has 152 valence electrons. The van der Waals surface area contributed by atoms with Crippen molar-refractivity contribution in [2.24, 2.45) is 0 Å². The molecule has 1 saturated heterocycles. The van der Waals surface area contributed by atoms with Gasteiger partial charge in [-0.1, -0.05) is 0 Å². The van der Waals surface area contributed by atoms with Crippen molar-refractivity contribution in [3.63, 3.8) is 0 Å². The standard InChI is InChI=1S/C18H30N4O4S/c1-13-10-22(11-14(2)26-13)12-18(23)19-16-9-15(27(24,25)21(5)6)7-8-17(16)20(3)4/h7-9,13-14H,10-12H2,1-6H3,(H,19,23)/t13-,14-/m0/s1. The average Bonchev–Trinajstić information content (AvgIpc) is 2.53. The van der Waals surface area contributed by atoms with Crippen LogP contribution in [0.1, 0.15) is 13.8 Å². The summed E-state index contributed by atoms with van der Waals surface area (Å²) in [6.45, 7) is 5.58. The van der Waals surface area contributed by atoms with Gasteiger partial charge in [-0.15, -0.1) is 0 Å². The normalized spacial score (nSPS) is 21.3. The Bertz CT molecular complexity index is 770. The third kappa shape index (κ3) is 5.41. The molecule has 1 N–H and O–H groups in total. The van der Waals surface area contributed by atoms with Crippen LogP contribution in [0, 0.1) is 0 Å². The molecule has 9 heteroatoms. The molecule has 0 spiro atoms.